The van der Waals surface area contributed by atoms with Crippen LogP contribution in [0.3, 0.4) is 0 Å². The lowest BCUT2D eigenvalue weighted by molar-refractivity contribution is -0.387. The molecule has 0 aliphatic carbocycles. The summed E-state index contributed by atoms with van der Waals surface area (Å²) in [7, 11) is 0. The largest absolute Gasteiger partial charge is 0.402 e. The number of nitro groups is 2. The van der Waals surface area contributed by atoms with Crippen molar-refractivity contribution in [1.29, 1.82) is 0 Å². The second-order valence-electron chi connectivity index (χ2n) is 7.10. The molecule has 12 heteroatoms. The molecule has 10 nitrogen and oxygen atoms in total. The molecule has 0 aliphatic heterocycles. The van der Waals surface area contributed by atoms with E-state index in [1.54, 1.807) is 55.5 Å². The fraction of sp³-hybridized carbons (Fsp3) is 0.0435. The molecule has 1 heterocycles. The lowest BCUT2D eigenvalue weighted by Gasteiger charge is -2.11. The maximum absolute atomic E-state index is 13.1. The van der Waals surface area contributed by atoms with Crippen LogP contribution in [0, 0.1) is 27.2 Å². The Balaban J connectivity index is 1.84. The van der Waals surface area contributed by atoms with E-state index in [2.05, 4.69) is 5.10 Å². The summed E-state index contributed by atoms with van der Waals surface area (Å²) in [4.78, 5) is 35.5. The fourth-order valence-electron chi connectivity index (χ4n) is 3.22. The minimum atomic E-state index is -1.03. The van der Waals surface area contributed by atoms with E-state index < -0.39 is 21.5 Å². The summed E-state index contributed by atoms with van der Waals surface area (Å²) < 4.78 is 7.03. The average molecular weight is 511 g/mol. The van der Waals surface area contributed by atoms with Crippen LogP contribution in [0.5, 0.6) is 5.88 Å². The van der Waals surface area contributed by atoms with Gasteiger partial charge in [0.15, 0.2) is 0 Å². The third-order valence-corrected chi connectivity index (χ3v) is 6.28. The molecule has 1 aromatic heterocycles. The van der Waals surface area contributed by atoms with Gasteiger partial charge in [-0.25, -0.2) is 4.79 Å². The summed E-state index contributed by atoms with van der Waals surface area (Å²) in [5, 5.41) is 27.6. The van der Waals surface area contributed by atoms with Gasteiger partial charge in [0.1, 0.15) is 5.56 Å². The Morgan fingerprint density at radius 1 is 0.971 bits per heavy atom. The van der Waals surface area contributed by atoms with Crippen molar-refractivity contribution in [2.75, 3.05) is 0 Å². The van der Waals surface area contributed by atoms with Crippen LogP contribution in [0.25, 0.3) is 5.69 Å². The van der Waals surface area contributed by atoms with E-state index in [1.165, 1.54) is 16.8 Å². The Morgan fingerprint density at radius 2 is 1.63 bits per heavy atom. The van der Waals surface area contributed by atoms with Crippen molar-refractivity contribution in [3.05, 3.63) is 109 Å². The van der Waals surface area contributed by atoms with Crippen LogP contribution in [0.15, 0.2) is 82.6 Å². The van der Waals surface area contributed by atoms with Crippen LogP contribution in [-0.2, 0) is 0 Å². The van der Waals surface area contributed by atoms with E-state index in [1.807, 2.05) is 0 Å². The summed E-state index contributed by atoms with van der Waals surface area (Å²) in [5.41, 5.74) is 0.0262. The third kappa shape index (κ3) is 5.00. The zero-order valence-electron chi connectivity index (χ0n) is 18.0. The van der Waals surface area contributed by atoms with Gasteiger partial charge in [0.25, 0.3) is 11.4 Å². The monoisotopic (exact) mass is 510 g/mol. The van der Waals surface area contributed by atoms with Gasteiger partial charge in [-0.3, -0.25) is 20.2 Å². The number of para-hydroxylation sites is 2. The standard InChI is InChI=1S/C23H15ClN4O6S/c1-14-21(35-20-10-6-5-9-19(20)28(32)33)22(26(25-14)16-7-3-2-4-8-16)34-23(29)17-13-15(24)11-12-18(17)27(30)31/h2-13H,1H3. The lowest BCUT2D eigenvalue weighted by atomic mass is 10.2. The number of carbonyl (C=O) groups is 1. The molecule has 0 atom stereocenters. The number of hydrogen-bond acceptors (Lipinski definition) is 8. The fourth-order valence-corrected chi connectivity index (χ4v) is 4.41. The molecule has 0 aliphatic rings. The van der Waals surface area contributed by atoms with Gasteiger partial charge in [0, 0.05) is 17.2 Å². The molecular weight excluding hydrogens is 496 g/mol. The Hall–Kier alpha value is -4.22. The van der Waals surface area contributed by atoms with Crippen molar-refractivity contribution in [3.63, 3.8) is 0 Å². The van der Waals surface area contributed by atoms with E-state index >= 15 is 0 Å². The molecule has 0 saturated heterocycles. The van der Waals surface area contributed by atoms with Crippen LogP contribution in [0.2, 0.25) is 5.02 Å². The number of benzene rings is 3. The maximum atomic E-state index is 13.1. The summed E-state index contributed by atoms with van der Waals surface area (Å²) in [5.74, 6) is -1.07. The van der Waals surface area contributed by atoms with Gasteiger partial charge >= 0.3 is 5.97 Å². The minimum absolute atomic E-state index is 0.0453. The number of rotatable bonds is 7. The molecule has 4 aromatic rings. The molecule has 4 rings (SSSR count). The predicted molar refractivity (Wildman–Crippen MR) is 129 cm³/mol. The molecule has 0 saturated carbocycles. The first-order chi connectivity index (χ1) is 16.8. The number of aryl methyl sites for hydroxylation is 1. The summed E-state index contributed by atoms with van der Waals surface area (Å²) >= 11 is 6.97. The van der Waals surface area contributed by atoms with Gasteiger partial charge in [0.05, 0.1) is 31.0 Å². The number of esters is 1. The highest BCUT2D eigenvalue weighted by atomic mass is 35.5. The van der Waals surface area contributed by atoms with Crippen LogP contribution in [0.1, 0.15) is 16.1 Å². The first-order valence-corrected chi connectivity index (χ1v) is 11.2. The quantitative estimate of drug-likeness (QED) is 0.167. The molecule has 0 N–H and O–H groups in total. The minimum Gasteiger partial charge on any atom is -0.402 e. The summed E-state index contributed by atoms with van der Waals surface area (Å²) in [6.45, 7) is 1.66. The van der Waals surface area contributed by atoms with Crippen molar-refractivity contribution in [1.82, 2.24) is 9.78 Å². The summed E-state index contributed by atoms with van der Waals surface area (Å²) in [6, 6.07) is 18.4. The van der Waals surface area contributed by atoms with Crippen molar-refractivity contribution >= 4 is 40.7 Å². The smallest absolute Gasteiger partial charge is 0.351 e. The Morgan fingerprint density at radius 3 is 2.31 bits per heavy atom. The van der Waals surface area contributed by atoms with Crippen LogP contribution in [-0.4, -0.2) is 25.6 Å². The average Bonchev–Trinajstić information content (AvgIpc) is 3.14. The van der Waals surface area contributed by atoms with Crippen molar-refractivity contribution < 1.29 is 19.4 Å². The van der Waals surface area contributed by atoms with E-state index in [4.69, 9.17) is 16.3 Å². The normalized spacial score (nSPS) is 10.7. The Labute approximate surface area is 207 Å². The van der Waals surface area contributed by atoms with Crippen LogP contribution >= 0.6 is 23.4 Å². The Bertz CT molecular complexity index is 1460. The molecule has 0 spiro atoms. The zero-order valence-corrected chi connectivity index (χ0v) is 19.5. The van der Waals surface area contributed by atoms with Gasteiger partial charge in [0.2, 0.25) is 5.88 Å². The summed E-state index contributed by atoms with van der Waals surface area (Å²) in [6.07, 6.45) is 0. The van der Waals surface area contributed by atoms with Gasteiger partial charge < -0.3 is 4.74 Å². The van der Waals surface area contributed by atoms with Gasteiger partial charge in [-0.1, -0.05) is 53.7 Å². The van der Waals surface area contributed by atoms with Crippen LogP contribution < -0.4 is 4.74 Å². The van der Waals surface area contributed by atoms with E-state index in [0.29, 0.717) is 21.2 Å². The molecule has 0 amide bonds. The number of carbonyl (C=O) groups excluding carboxylic acids is 1. The van der Waals surface area contributed by atoms with Gasteiger partial charge in [-0.15, -0.1) is 0 Å². The lowest BCUT2D eigenvalue weighted by Crippen LogP contribution is -2.14. The number of halogens is 1. The number of nitro benzene ring substituents is 2. The maximum Gasteiger partial charge on any atom is 0.351 e. The topological polar surface area (TPSA) is 130 Å². The van der Waals surface area contributed by atoms with E-state index in [0.717, 1.165) is 23.9 Å². The first-order valence-electron chi connectivity index (χ1n) is 9.98. The predicted octanol–water partition coefficient (Wildman–Crippen LogP) is 6.02. The molecule has 3 aromatic carbocycles. The molecule has 176 valence electrons. The van der Waals surface area contributed by atoms with Gasteiger partial charge in [-0.05, 0) is 37.3 Å². The molecule has 0 fully saturated rings. The first kappa shape index (κ1) is 23.9. The van der Waals surface area contributed by atoms with Gasteiger partial charge in [-0.2, -0.15) is 9.78 Å². The van der Waals surface area contributed by atoms with Crippen LogP contribution in [0.4, 0.5) is 11.4 Å². The highest BCUT2D eigenvalue weighted by Gasteiger charge is 2.28. The van der Waals surface area contributed by atoms with Crippen molar-refractivity contribution in [2.24, 2.45) is 0 Å². The zero-order chi connectivity index (χ0) is 25.1. The van der Waals surface area contributed by atoms with E-state index in [-0.39, 0.29) is 22.2 Å². The molecule has 35 heavy (non-hydrogen) atoms. The highest BCUT2D eigenvalue weighted by Crippen LogP contribution is 2.42. The second-order valence-corrected chi connectivity index (χ2v) is 8.59. The number of aromatic nitrogens is 2. The molecule has 0 unspecified atom stereocenters. The van der Waals surface area contributed by atoms with Crippen molar-refractivity contribution in [3.8, 4) is 11.6 Å². The number of nitrogens with zero attached hydrogens (tertiary/aromatic N) is 4. The van der Waals surface area contributed by atoms with Crippen molar-refractivity contribution in [2.45, 2.75) is 16.7 Å². The second kappa shape index (κ2) is 9.95. The van der Waals surface area contributed by atoms with E-state index in [9.17, 15) is 25.0 Å². The molecular formula is C23H15ClN4O6S. The number of ether oxygens (including phenoxy) is 1. The third-order valence-electron chi connectivity index (χ3n) is 4.80. The SMILES string of the molecule is Cc1nn(-c2ccccc2)c(OC(=O)c2cc(Cl)ccc2[N+](=O)[O-])c1Sc1ccccc1[N+](=O)[O-]. The molecule has 0 radical (unpaired) electrons. The molecule has 0 bridgehead atoms. The number of hydrogen-bond donors (Lipinski definition) is 0. The Kier molecular flexibility index (Phi) is 6.80. The highest BCUT2D eigenvalue weighted by molar-refractivity contribution is 7.99.